The van der Waals surface area contributed by atoms with Crippen molar-refractivity contribution in [2.75, 3.05) is 11.9 Å². The standard InChI is InChI=1S/C24H29N3O4/c1-16(2)13-14-24(4)22(29)27(23(30)26-24)15-21(28)25-18-7-11-20(12-8-18)31-19-9-5-17(3)6-10-19/h5-12,16H,13-15H2,1-4H3,(H,25,28)(H,26,30)/t24-/m0/s1. The zero-order valence-corrected chi connectivity index (χ0v) is 18.4. The van der Waals surface area contributed by atoms with E-state index in [1.807, 2.05) is 31.2 Å². The third-order valence-corrected chi connectivity index (χ3v) is 5.26. The number of hydrogen-bond acceptors (Lipinski definition) is 4. The molecule has 0 spiro atoms. The largest absolute Gasteiger partial charge is 0.457 e. The quantitative estimate of drug-likeness (QED) is 0.613. The molecule has 0 bridgehead atoms. The smallest absolute Gasteiger partial charge is 0.325 e. The molecular weight excluding hydrogens is 394 g/mol. The second-order valence-electron chi connectivity index (χ2n) is 8.57. The molecule has 1 heterocycles. The van der Waals surface area contributed by atoms with Crippen LogP contribution in [0.5, 0.6) is 11.5 Å². The van der Waals surface area contributed by atoms with E-state index in [4.69, 9.17) is 4.74 Å². The first-order valence-electron chi connectivity index (χ1n) is 10.4. The van der Waals surface area contributed by atoms with E-state index in [1.165, 1.54) is 0 Å². The van der Waals surface area contributed by atoms with Crippen LogP contribution in [-0.2, 0) is 9.59 Å². The Hall–Kier alpha value is -3.35. The number of anilines is 1. The van der Waals surface area contributed by atoms with Crippen molar-refractivity contribution in [1.29, 1.82) is 0 Å². The van der Waals surface area contributed by atoms with Gasteiger partial charge in [-0.15, -0.1) is 0 Å². The maximum absolute atomic E-state index is 12.7. The summed E-state index contributed by atoms with van der Waals surface area (Å²) in [5.74, 6) is 0.967. The number of benzene rings is 2. The van der Waals surface area contributed by atoms with Gasteiger partial charge in [0.05, 0.1) is 0 Å². The van der Waals surface area contributed by atoms with Crippen LogP contribution >= 0.6 is 0 Å². The minimum Gasteiger partial charge on any atom is -0.457 e. The van der Waals surface area contributed by atoms with Crippen LogP contribution in [0.2, 0.25) is 0 Å². The number of ether oxygens (including phenoxy) is 1. The van der Waals surface area contributed by atoms with Gasteiger partial charge in [-0.1, -0.05) is 31.5 Å². The lowest BCUT2D eigenvalue weighted by atomic mass is 9.92. The molecule has 1 aliphatic rings. The van der Waals surface area contributed by atoms with Crippen molar-refractivity contribution in [3.8, 4) is 11.5 Å². The molecule has 1 aliphatic heterocycles. The van der Waals surface area contributed by atoms with Crippen LogP contribution < -0.4 is 15.4 Å². The van der Waals surface area contributed by atoms with Gasteiger partial charge in [-0.2, -0.15) is 0 Å². The molecule has 0 aliphatic carbocycles. The number of amides is 4. The molecule has 2 aromatic rings. The highest BCUT2D eigenvalue weighted by Gasteiger charge is 2.47. The molecule has 7 nitrogen and oxygen atoms in total. The Morgan fingerprint density at radius 2 is 1.65 bits per heavy atom. The second-order valence-corrected chi connectivity index (χ2v) is 8.57. The summed E-state index contributed by atoms with van der Waals surface area (Å²) in [5.41, 5.74) is 0.739. The van der Waals surface area contributed by atoms with E-state index in [-0.39, 0.29) is 12.5 Å². The van der Waals surface area contributed by atoms with E-state index in [9.17, 15) is 14.4 Å². The predicted molar refractivity (Wildman–Crippen MR) is 119 cm³/mol. The van der Waals surface area contributed by atoms with Crippen molar-refractivity contribution in [1.82, 2.24) is 10.2 Å². The van der Waals surface area contributed by atoms with Crippen molar-refractivity contribution in [3.63, 3.8) is 0 Å². The fourth-order valence-corrected chi connectivity index (χ4v) is 3.33. The Kier molecular flexibility index (Phi) is 6.63. The number of aryl methyl sites for hydroxylation is 1. The lowest BCUT2D eigenvalue weighted by Gasteiger charge is -2.22. The van der Waals surface area contributed by atoms with E-state index in [0.29, 0.717) is 23.8 Å². The highest BCUT2D eigenvalue weighted by atomic mass is 16.5. The van der Waals surface area contributed by atoms with Gasteiger partial charge in [0.25, 0.3) is 5.91 Å². The van der Waals surface area contributed by atoms with Gasteiger partial charge in [-0.3, -0.25) is 14.5 Å². The molecule has 2 aromatic carbocycles. The van der Waals surface area contributed by atoms with Crippen LogP contribution in [0.4, 0.5) is 10.5 Å². The Balaban J connectivity index is 1.56. The minimum atomic E-state index is -0.962. The number of imide groups is 1. The zero-order valence-electron chi connectivity index (χ0n) is 18.4. The van der Waals surface area contributed by atoms with Gasteiger partial charge in [0.15, 0.2) is 0 Å². The number of hydrogen-bond donors (Lipinski definition) is 2. The summed E-state index contributed by atoms with van der Waals surface area (Å²) >= 11 is 0. The molecule has 1 fully saturated rings. The van der Waals surface area contributed by atoms with E-state index in [0.717, 1.165) is 22.6 Å². The van der Waals surface area contributed by atoms with Crippen molar-refractivity contribution >= 4 is 23.5 Å². The van der Waals surface area contributed by atoms with Gasteiger partial charge in [-0.25, -0.2) is 4.79 Å². The summed E-state index contributed by atoms with van der Waals surface area (Å²) in [4.78, 5) is 38.4. The SMILES string of the molecule is Cc1ccc(Oc2ccc(NC(=O)CN3C(=O)N[C@@](C)(CCC(C)C)C3=O)cc2)cc1. The summed E-state index contributed by atoms with van der Waals surface area (Å²) in [6, 6.07) is 14.1. The maximum Gasteiger partial charge on any atom is 0.325 e. The van der Waals surface area contributed by atoms with Gasteiger partial charge < -0.3 is 15.4 Å². The number of carbonyl (C=O) groups is 3. The Morgan fingerprint density at radius 1 is 1.06 bits per heavy atom. The Morgan fingerprint density at radius 3 is 2.23 bits per heavy atom. The molecule has 1 atom stereocenters. The maximum atomic E-state index is 12.7. The number of nitrogens with zero attached hydrogens (tertiary/aromatic N) is 1. The van der Waals surface area contributed by atoms with E-state index >= 15 is 0 Å². The average molecular weight is 424 g/mol. The summed E-state index contributed by atoms with van der Waals surface area (Å²) < 4.78 is 5.77. The predicted octanol–water partition coefficient (Wildman–Crippen LogP) is 4.47. The summed E-state index contributed by atoms with van der Waals surface area (Å²) in [6.45, 7) is 7.51. The molecule has 7 heteroatoms. The van der Waals surface area contributed by atoms with E-state index < -0.39 is 17.5 Å². The Labute approximate surface area is 182 Å². The summed E-state index contributed by atoms with van der Waals surface area (Å²) in [6.07, 6.45) is 1.34. The van der Waals surface area contributed by atoms with Crippen molar-refractivity contribution in [3.05, 3.63) is 54.1 Å². The van der Waals surface area contributed by atoms with Gasteiger partial charge in [-0.05, 0) is 69.0 Å². The van der Waals surface area contributed by atoms with Crippen LogP contribution in [0.3, 0.4) is 0 Å². The van der Waals surface area contributed by atoms with Crippen molar-refractivity contribution < 1.29 is 19.1 Å². The molecule has 1 saturated heterocycles. The zero-order chi connectivity index (χ0) is 22.6. The number of urea groups is 1. The second kappa shape index (κ2) is 9.20. The van der Waals surface area contributed by atoms with Crippen molar-refractivity contribution in [2.45, 2.75) is 46.1 Å². The monoisotopic (exact) mass is 423 g/mol. The number of nitrogens with one attached hydrogen (secondary N) is 2. The molecule has 31 heavy (non-hydrogen) atoms. The first kappa shape index (κ1) is 22.3. The van der Waals surface area contributed by atoms with Gasteiger partial charge in [0.2, 0.25) is 5.91 Å². The molecule has 2 N–H and O–H groups in total. The first-order valence-corrected chi connectivity index (χ1v) is 10.4. The lowest BCUT2D eigenvalue weighted by molar-refractivity contribution is -0.133. The molecule has 0 aromatic heterocycles. The Bertz CT molecular complexity index is 954. The van der Waals surface area contributed by atoms with Crippen LogP contribution in [0.25, 0.3) is 0 Å². The van der Waals surface area contributed by atoms with Crippen LogP contribution in [0.1, 0.15) is 39.2 Å². The number of carbonyl (C=O) groups excluding carboxylic acids is 3. The summed E-state index contributed by atoms with van der Waals surface area (Å²) in [7, 11) is 0. The average Bonchev–Trinajstić information content (AvgIpc) is 2.93. The lowest BCUT2D eigenvalue weighted by Crippen LogP contribution is -2.44. The topological polar surface area (TPSA) is 87.7 Å². The molecule has 0 saturated carbocycles. The number of rotatable bonds is 8. The highest BCUT2D eigenvalue weighted by molar-refractivity contribution is 6.09. The van der Waals surface area contributed by atoms with Gasteiger partial charge in [0.1, 0.15) is 23.6 Å². The molecule has 0 unspecified atom stereocenters. The van der Waals surface area contributed by atoms with Gasteiger partial charge >= 0.3 is 6.03 Å². The molecule has 164 valence electrons. The summed E-state index contributed by atoms with van der Waals surface area (Å²) in [5, 5.41) is 5.45. The minimum absolute atomic E-state index is 0.330. The third-order valence-electron chi connectivity index (χ3n) is 5.26. The molecular formula is C24H29N3O4. The van der Waals surface area contributed by atoms with E-state index in [2.05, 4.69) is 24.5 Å². The molecule has 3 rings (SSSR count). The third kappa shape index (κ3) is 5.63. The highest BCUT2D eigenvalue weighted by Crippen LogP contribution is 2.25. The van der Waals surface area contributed by atoms with Crippen LogP contribution in [0.15, 0.2) is 48.5 Å². The molecule has 4 amide bonds. The van der Waals surface area contributed by atoms with Crippen molar-refractivity contribution in [2.24, 2.45) is 5.92 Å². The fraction of sp³-hybridized carbons (Fsp3) is 0.375. The first-order chi connectivity index (χ1) is 14.7. The molecule has 0 radical (unpaired) electrons. The van der Waals surface area contributed by atoms with Crippen LogP contribution in [-0.4, -0.2) is 34.8 Å². The van der Waals surface area contributed by atoms with Crippen LogP contribution in [0, 0.1) is 12.8 Å². The normalized spacial score (nSPS) is 18.3. The van der Waals surface area contributed by atoms with E-state index in [1.54, 1.807) is 31.2 Å². The van der Waals surface area contributed by atoms with Gasteiger partial charge in [0, 0.05) is 5.69 Å². The fourth-order valence-electron chi connectivity index (χ4n) is 3.33.